The molecule has 2 aromatic rings. The van der Waals surface area contributed by atoms with E-state index < -0.39 is 6.10 Å². The summed E-state index contributed by atoms with van der Waals surface area (Å²) < 4.78 is 16.5. The van der Waals surface area contributed by atoms with Crippen LogP contribution in [-0.2, 0) is 9.59 Å². The predicted molar refractivity (Wildman–Crippen MR) is 100 cm³/mol. The number of hydrogen-bond donors (Lipinski definition) is 2. The monoisotopic (exact) mass is 366 g/mol. The number of nitrogens with one attached hydrogen (secondary N) is 2. The Balaban J connectivity index is 1.43. The van der Waals surface area contributed by atoms with Crippen LogP contribution in [0.1, 0.15) is 12.5 Å². The Bertz CT molecular complexity index is 938. The molecule has 2 heterocycles. The molecule has 2 aliphatic heterocycles. The van der Waals surface area contributed by atoms with Gasteiger partial charge in [0, 0.05) is 11.8 Å². The number of hydrogen-bond acceptors (Lipinski definition) is 5. The third kappa shape index (κ3) is 3.72. The Morgan fingerprint density at radius 2 is 1.89 bits per heavy atom. The highest BCUT2D eigenvalue weighted by Gasteiger charge is 2.23. The van der Waals surface area contributed by atoms with Crippen LogP contribution in [-0.4, -0.2) is 31.1 Å². The van der Waals surface area contributed by atoms with Crippen molar-refractivity contribution in [2.24, 2.45) is 0 Å². The minimum Gasteiger partial charge on any atom is -0.486 e. The number of rotatable bonds is 3. The van der Waals surface area contributed by atoms with Crippen molar-refractivity contribution in [1.82, 2.24) is 0 Å². The highest BCUT2D eigenvalue weighted by Crippen LogP contribution is 2.32. The summed E-state index contributed by atoms with van der Waals surface area (Å²) in [5.74, 6) is 1.44. The molecule has 2 aliphatic rings. The van der Waals surface area contributed by atoms with E-state index in [0.29, 0.717) is 41.8 Å². The number of carbonyl (C=O) groups excluding carboxylic acids is 2. The molecule has 7 heteroatoms. The smallest absolute Gasteiger partial charge is 0.265 e. The van der Waals surface area contributed by atoms with E-state index >= 15 is 0 Å². The summed E-state index contributed by atoms with van der Waals surface area (Å²) in [6, 6.07) is 10.6. The van der Waals surface area contributed by atoms with Crippen LogP contribution in [0.25, 0.3) is 6.08 Å². The lowest BCUT2D eigenvalue weighted by Crippen LogP contribution is -2.34. The maximum atomic E-state index is 12.2. The highest BCUT2D eigenvalue weighted by molar-refractivity contribution is 6.03. The lowest BCUT2D eigenvalue weighted by Gasteiger charge is -2.23. The number of amides is 2. The second-order valence-electron chi connectivity index (χ2n) is 6.19. The van der Waals surface area contributed by atoms with Gasteiger partial charge in [0.2, 0.25) is 5.91 Å². The molecule has 2 N–H and O–H groups in total. The number of benzene rings is 2. The number of fused-ring (bicyclic) bond motifs is 2. The summed E-state index contributed by atoms with van der Waals surface area (Å²) in [5, 5.41) is 5.51. The molecule has 0 fully saturated rings. The standard InChI is InChI=1S/C20H18N2O5/c1-12-20(24)22-15-11-14(4-6-16(15)27-12)21-19(23)7-3-13-2-5-17-18(10-13)26-9-8-25-17/h2-7,10-12H,8-9H2,1H3,(H,21,23)(H,22,24)/b7-3+. The van der Waals surface area contributed by atoms with E-state index in [4.69, 9.17) is 14.2 Å². The molecule has 0 bridgehead atoms. The van der Waals surface area contributed by atoms with E-state index in [1.807, 2.05) is 18.2 Å². The van der Waals surface area contributed by atoms with Crippen LogP contribution in [0.3, 0.4) is 0 Å². The van der Waals surface area contributed by atoms with Crippen LogP contribution in [0, 0.1) is 0 Å². The molecule has 0 saturated carbocycles. The zero-order chi connectivity index (χ0) is 18.8. The zero-order valence-electron chi connectivity index (χ0n) is 14.7. The average Bonchev–Trinajstić information content (AvgIpc) is 2.67. The van der Waals surface area contributed by atoms with Crippen molar-refractivity contribution in [1.29, 1.82) is 0 Å². The van der Waals surface area contributed by atoms with Gasteiger partial charge >= 0.3 is 0 Å². The quantitative estimate of drug-likeness (QED) is 0.816. The third-order valence-electron chi connectivity index (χ3n) is 4.17. The van der Waals surface area contributed by atoms with Gasteiger partial charge in [-0.3, -0.25) is 9.59 Å². The first-order valence-corrected chi connectivity index (χ1v) is 8.59. The van der Waals surface area contributed by atoms with Gasteiger partial charge in [0.1, 0.15) is 19.0 Å². The van der Waals surface area contributed by atoms with Crippen LogP contribution in [0.5, 0.6) is 17.2 Å². The molecule has 4 rings (SSSR count). The van der Waals surface area contributed by atoms with Gasteiger partial charge in [0.15, 0.2) is 17.6 Å². The molecule has 27 heavy (non-hydrogen) atoms. The molecule has 0 saturated heterocycles. The van der Waals surface area contributed by atoms with Crippen molar-refractivity contribution in [3.05, 3.63) is 48.0 Å². The Kier molecular flexibility index (Phi) is 4.42. The van der Waals surface area contributed by atoms with E-state index in [-0.39, 0.29) is 11.8 Å². The molecule has 0 aromatic heterocycles. The highest BCUT2D eigenvalue weighted by atomic mass is 16.6. The van der Waals surface area contributed by atoms with E-state index in [0.717, 1.165) is 5.56 Å². The van der Waals surface area contributed by atoms with E-state index in [2.05, 4.69) is 10.6 Å². The van der Waals surface area contributed by atoms with Gasteiger partial charge in [0.05, 0.1) is 5.69 Å². The van der Waals surface area contributed by atoms with Gasteiger partial charge in [-0.15, -0.1) is 0 Å². The predicted octanol–water partition coefficient (Wildman–Crippen LogP) is 2.83. The van der Waals surface area contributed by atoms with Gasteiger partial charge < -0.3 is 24.8 Å². The average molecular weight is 366 g/mol. The summed E-state index contributed by atoms with van der Waals surface area (Å²) >= 11 is 0. The Morgan fingerprint density at radius 1 is 1.11 bits per heavy atom. The maximum absolute atomic E-state index is 12.2. The summed E-state index contributed by atoms with van der Waals surface area (Å²) in [5.41, 5.74) is 1.92. The molecule has 0 spiro atoms. The summed E-state index contributed by atoms with van der Waals surface area (Å²) in [6.07, 6.45) is 2.59. The maximum Gasteiger partial charge on any atom is 0.265 e. The molecule has 2 aromatic carbocycles. The number of anilines is 2. The normalized spacial score (nSPS) is 17.7. The van der Waals surface area contributed by atoms with Crippen LogP contribution in [0.2, 0.25) is 0 Å². The third-order valence-corrected chi connectivity index (χ3v) is 4.17. The van der Waals surface area contributed by atoms with E-state index in [9.17, 15) is 9.59 Å². The Labute approximate surface area is 155 Å². The number of ether oxygens (including phenoxy) is 3. The van der Waals surface area contributed by atoms with Crippen molar-refractivity contribution < 1.29 is 23.8 Å². The topological polar surface area (TPSA) is 85.9 Å². The molecule has 2 amide bonds. The molecular weight excluding hydrogens is 348 g/mol. The van der Waals surface area contributed by atoms with Crippen molar-refractivity contribution >= 4 is 29.3 Å². The van der Waals surface area contributed by atoms with Gasteiger partial charge in [-0.2, -0.15) is 0 Å². The van der Waals surface area contributed by atoms with Crippen molar-refractivity contribution in [3.8, 4) is 17.2 Å². The second-order valence-corrected chi connectivity index (χ2v) is 6.19. The Hall–Kier alpha value is -3.48. The molecule has 1 atom stereocenters. The molecule has 0 radical (unpaired) electrons. The second kappa shape index (κ2) is 7.03. The fourth-order valence-electron chi connectivity index (χ4n) is 2.81. The van der Waals surface area contributed by atoms with Crippen LogP contribution >= 0.6 is 0 Å². The molecule has 7 nitrogen and oxygen atoms in total. The fourth-order valence-corrected chi connectivity index (χ4v) is 2.81. The summed E-state index contributed by atoms with van der Waals surface area (Å²) in [7, 11) is 0. The minimum absolute atomic E-state index is 0.218. The first-order chi connectivity index (χ1) is 13.1. The van der Waals surface area contributed by atoms with E-state index in [1.54, 1.807) is 31.2 Å². The van der Waals surface area contributed by atoms with Crippen molar-refractivity contribution in [2.45, 2.75) is 13.0 Å². The van der Waals surface area contributed by atoms with Gasteiger partial charge in [-0.1, -0.05) is 6.07 Å². The van der Waals surface area contributed by atoms with Crippen molar-refractivity contribution in [3.63, 3.8) is 0 Å². The fraction of sp³-hybridized carbons (Fsp3) is 0.200. The first-order valence-electron chi connectivity index (χ1n) is 8.59. The van der Waals surface area contributed by atoms with Gasteiger partial charge in [0.25, 0.3) is 5.91 Å². The van der Waals surface area contributed by atoms with Crippen molar-refractivity contribution in [2.75, 3.05) is 23.8 Å². The van der Waals surface area contributed by atoms with Crippen LogP contribution in [0.4, 0.5) is 11.4 Å². The van der Waals surface area contributed by atoms with Crippen LogP contribution in [0.15, 0.2) is 42.5 Å². The lowest BCUT2D eigenvalue weighted by molar-refractivity contribution is -0.122. The SMILES string of the molecule is CC1Oc2ccc(NC(=O)/C=C/c3ccc4c(c3)OCCO4)cc2NC1=O. The van der Waals surface area contributed by atoms with Gasteiger partial charge in [-0.05, 0) is 48.9 Å². The first kappa shape index (κ1) is 17.0. The summed E-state index contributed by atoms with van der Waals surface area (Å²) in [6.45, 7) is 2.73. The molecule has 1 unspecified atom stereocenters. The minimum atomic E-state index is -0.535. The Morgan fingerprint density at radius 3 is 2.74 bits per heavy atom. The molecule has 0 aliphatic carbocycles. The molecular formula is C20H18N2O5. The van der Waals surface area contributed by atoms with E-state index in [1.165, 1.54) is 6.08 Å². The van der Waals surface area contributed by atoms with Crippen LogP contribution < -0.4 is 24.8 Å². The molecule has 138 valence electrons. The number of carbonyl (C=O) groups is 2. The largest absolute Gasteiger partial charge is 0.486 e. The lowest BCUT2D eigenvalue weighted by atomic mass is 10.1. The summed E-state index contributed by atoms with van der Waals surface area (Å²) in [4.78, 5) is 23.9. The zero-order valence-corrected chi connectivity index (χ0v) is 14.7. The van der Waals surface area contributed by atoms with Gasteiger partial charge in [-0.25, -0.2) is 0 Å².